The minimum absolute atomic E-state index is 0.0182. The highest BCUT2D eigenvalue weighted by molar-refractivity contribution is 6.26. The molecule has 3 atom stereocenters. The predicted molar refractivity (Wildman–Crippen MR) is 146 cm³/mol. The first-order chi connectivity index (χ1) is 19.7. The molecule has 206 valence electrons. The second kappa shape index (κ2) is 9.53. The average molecular weight is 542 g/mol. The van der Waals surface area contributed by atoms with E-state index in [1.807, 2.05) is 21.8 Å². The van der Waals surface area contributed by atoms with Crippen molar-refractivity contribution in [1.82, 2.24) is 25.0 Å². The number of nitrogens with zero attached hydrogens (tertiary/aromatic N) is 5. The van der Waals surface area contributed by atoms with Gasteiger partial charge in [-0.05, 0) is 60.6 Å². The van der Waals surface area contributed by atoms with Crippen LogP contribution in [0.15, 0.2) is 36.8 Å². The summed E-state index contributed by atoms with van der Waals surface area (Å²) in [6, 6.07) is 3.72. The zero-order valence-electron chi connectivity index (χ0n) is 23.4. The van der Waals surface area contributed by atoms with Crippen molar-refractivity contribution in [2.24, 2.45) is 11.8 Å². The second-order valence-electron chi connectivity index (χ2n) is 11.5. The SMILES string of the molecule is [2H][C@@]1(N2C(=O)c3cccc4c(Cc5cnn(C6CCN(C(=O)C7CCC7C)CC6)c5)cnc2c34)CCC(=O)NC1=O. The number of anilines is 1. The van der Waals surface area contributed by atoms with Gasteiger partial charge in [-0.1, -0.05) is 19.1 Å². The summed E-state index contributed by atoms with van der Waals surface area (Å²) < 4.78 is 10.9. The van der Waals surface area contributed by atoms with Crippen molar-refractivity contribution in [3.8, 4) is 0 Å². The van der Waals surface area contributed by atoms with Crippen LogP contribution < -0.4 is 10.2 Å². The molecule has 1 aliphatic carbocycles. The number of hydrogen-bond acceptors (Lipinski definition) is 6. The molecule has 0 radical (unpaired) electrons. The van der Waals surface area contributed by atoms with Crippen molar-refractivity contribution in [2.45, 2.75) is 63.9 Å². The Kier molecular flexibility index (Phi) is 5.67. The largest absolute Gasteiger partial charge is 0.342 e. The molecule has 4 aliphatic rings. The first-order valence-electron chi connectivity index (χ1n) is 14.7. The number of rotatable bonds is 5. The summed E-state index contributed by atoms with van der Waals surface area (Å²) in [5.74, 6) is -0.425. The van der Waals surface area contributed by atoms with Crippen LogP contribution in [-0.4, -0.2) is 62.4 Å². The Morgan fingerprint density at radius 1 is 1.10 bits per heavy atom. The number of likely N-dealkylation sites (tertiary alicyclic amines) is 1. The van der Waals surface area contributed by atoms with Crippen LogP contribution in [0.25, 0.3) is 10.8 Å². The molecular weight excluding hydrogens is 508 g/mol. The molecule has 1 N–H and O–H groups in total. The highest BCUT2D eigenvalue weighted by Gasteiger charge is 2.42. The quantitative estimate of drug-likeness (QED) is 0.497. The van der Waals surface area contributed by atoms with Gasteiger partial charge in [0, 0.05) is 49.6 Å². The van der Waals surface area contributed by atoms with E-state index in [4.69, 9.17) is 1.37 Å². The molecule has 10 nitrogen and oxygen atoms in total. The average Bonchev–Trinajstić information content (AvgIpc) is 3.55. The molecule has 7 rings (SSSR count). The van der Waals surface area contributed by atoms with Crippen LogP contribution in [0.2, 0.25) is 0 Å². The number of benzene rings is 1. The van der Waals surface area contributed by atoms with Gasteiger partial charge in [-0.25, -0.2) is 4.98 Å². The van der Waals surface area contributed by atoms with Gasteiger partial charge in [0.15, 0.2) is 0 Å². The van der Waals surface area contributed by atoms with E-state index in [0.29, 0.717) is 29.2 Å². The number of carbonyl (C=O) groups is 4. The van der Waals surface area contributed by atoms with Gasteiger partial charge in [0.1, 0.15) is 11.8 Å². The van der Waals surface area contributed by atoms with Gasteiger partial charge < -0.3 is 4.90 Å². The van der Waals surface area contributed by atoms with Crippen LogP contribution in [0.5, 0.6) is 0 Å². The van der Waals surface area contributed by atoms with Crippen molar-refractivity contribution < 1.29 is 20.5 Å². The van der Waals surface area contributed by atoms with E-state index < -0.39 is 23.7 Å². The summed E-state index contributed by atoms with van der Waals surface area (Å²) in [4.78, 5) is 58.4. The Morgan fingerprint density at radius 3 is 2.65 bits per heavy atom. The first kappa shape index (κ1) is 23.8. The maximum atomic E-state index is 13.5. The van der Waals surface area contributed by atoms with E-state index in [0.717, 1.165) is 60.2 Å². The minimum atomic E-state index is -1.94. The molecule has 1 aromatic carbocycles. The lowest BCUT2D eigenvalue weighted by atomic mass is 9.74. The molecule has 3 aliphatic heterocycles. The van der Waals surface area contributed by atoms with Gasteiger partial charge in [-0.2, -0.15) is 5.10 Å². The van der Waals surface area contributed by atoms with E-state index in [1.165, 1.54) is 0 Å². The van der Waals surface area contributed by atoms with E-state index >= 15 is 0 Å². The molecule has 3 aromatic rings. The van der Waals surface area contributed by atoms with Crippen LogP contribution in [-0.2, 0) is 20.8 Å². The Bertz CT molecular complexity index is 1610. The third kappa shape index (κ3) is 4.00. The number of pyridine rings is 1. The zero-order valence-corrected chi connectivity index (χ0v) is 22.4. The monoisotopic (exact) mass is 541 g/mol. The summed E-state index contributed by atoms with van der Waals surface area (Å²) in [6.45, 7) is 3.68. The highest BCUT2D eigenvalue weighted by atomic mass is 16.2. The maximum absolute atomic E-state index is 13.5. The second-order valence-corrected chi connectivity index (χ2v) is 11.5. The van der Waals surface area contributed by atoms with E-state index in [9.17, 15) is 19.2 Å². The van der Waals surface area contributed by atoms with Crippen molar-refractivity contribution >= 4 is 40.2 Å². The summed E-state index contributed by atoms with van der Waals surface area (Å²) >= 11 is 0. The predicted octanol–water partition coefficient (Wildman–Crippen LogP) is 3.00. The van der Waals surface area contributed by atoms with E-state index in [-0.39, 0.29) is 30.6 Å². The lowest BCUT2D eigenvalue weighted by Crippen LogP contribution is -2.53. The number of nitrogens with one attached hydrogen (secondary N) is 1. The number of carbonyl (C=O) groups excluding carboxylic acids is 4. The Hall–Kier alpha value is -4.08. The molecule has 0 spiro atoms. The Balaban J connectivity index is 1.10. The van der Waals surface area contributed by atoms with Crippen LogP contribution >= 0.6 is 0 Å². The molecule has 2 aromatic heterocycles. The van der Waals surface area contributed by atoms with Crippen LogP contribution in [0.4, 0.5) is 5.82 Å². The summed E-state index contributed by atoms with van der Waals surface area (Å²) in [5, 5.41) is 8.31. The fourth-order valence-corrected chi connectivity index (χ4v) is 6.62. The summed E-state index contributed by atoms with van der Waals surface area (Å²) in [5.41, 5.74) is 2.33. The fourth-order valence-electron chi connectivity index (χ4n) is 6.62. The number of aromatic nitrogens is 3. The van der Waals surface area contributed by atoms with E-state index in [2.05, 4.69) is 28.5 Å². The maximum Gasteiger partial charge on any atom is 0.260 e. The highest BCUT2D eigenvalue weighted by Crippen LogP contribution is 2.40. The molecule has 5 heterocycles. The van der Waals surface area contributed by atoms with Crippen molar-refractivity contribution in [1.29, 1.82) is 0 Å². The van der Waals surface area contributed by atoms with Crippen LogP contribution in [0.1, 0.15) is 74.3 Å². The van der Waals surface area contributed by atoms with E-state index in [1.54, 1.807) is 18.3 Å². The summed E-state index contributed by atoms with van der Waals surface area (Å²) in [7, 11) is 0. The van der Waals surface area contributed by atoms with Gasteiger partial charge >= 0.3 is 0 Å². The van der Waals surface area contributed by atoms with Crippen LogP contribution in [0, 0.1) is 11.8 Å². The first-order valence-corrected chi connectivity index (χ1v) is 14.2. The fraction of sp³-hybridized carbons (Fsp3) is 0.467. The molecular formula is C30H32N6O4. The van der Waals surface area contributed by atoms with Gasteiger partial charge in [-0.3, -0.25) is 34.1 Å². The van der Waals surface area contributed by atoms with Gasteiger partial charge in [0.2, 0.25) is 17.7 Å². The molecule has 2 saturated heterocycles. The Morgan fingerprint density at radius 2 is 1.93 bits per heavy atom. The molecule has 3 fully saturated rings. The molecule has 40 heavy (non-hydrogen) atoms. The van der Waals surface area contributed by atoms with Gasteiger partial charge in [0.25, 0.3) is 5.91 Å². The third-order valence-corrected chi connectivity index (χ3v) is 9.13. The zero-order chi connectivity index (χ0) is 28.5. The number of piperidine rings is 2. The molecule has 10 heteroatoms. The normalized spacial score (nSPS) is 27.1. The number of amides is 4. The third-order valence-electron chi connectivity index (χ3n) is 9.13. The molecule has 0 bridgehead atoms. The van der Waals surface area contributed by atoms with Crippen molar-refractivity contribution in [2.75, 3.05) is 18.0 Å². The van der Waals surface area contributed by atoms with Gasteiger partial charge in [0.05, 0.1) is 19.2 Å². The molecule has 2 unspecified atom stereocenters. The minimum Gasteiger partial charge on any atom is -0.342 e. The number of hydrogen-bond donors (Lipinski definition) is 1. The smallest absolute Gasteiger partial charge is 0.260 e. The van der Waals surface area contributed by atoms with Gasteiger partial charge in [-0.15, -0.1) is 0 Å². The van der Waals surface area contributed by atoms with Crippen molar-refractivity contribution in [3.63, 3.8) is 0 Å². The Labute approximate surface area is 233 Å². The molecule has 1 saturated carbocycles. The standard InChI is InChI=1S/C30H32N6O4/c1-17-5-6-21(17)29(39)34-11-9-20(10-12-34)35-16-18(14-32-35)13-19-15-31-27-26-22(19)3-2-4-23(26)30(40)36(27)24-7-8-25(37)33-28(24)38/h2-4,14-17,20-21,24H,5-13H2,1H3,(H,33,37,38)/t17?,21?,24-/m1/s1/i24D. The van der Waals surface area contributed by atoms with Crippen molar-refractivity contribution in [3.05, 3.63) is 53.5 Å². The summed E-state index contributed by atoms with van der Waals surface area (Å²) in [6.07, 6.45) is 9.98. The topological polar surface area (TPSA) is 118 Å². The van der Waals surface area contributed by atoms with Crippen LogP contribution in [0.3, 0.4) is 0 Å². The molecule has 4 amide bonds. The number of imide groups is 1. The lowest BCUT2D eigenvalue weighted by Gasteiger charge is -2.39. The lowest BCUT2D eigenvalue weighted by molar-refractivity contribution is -0.142.